The largest absolute Gasteiger partial charge is 0.506 e. The van der Waals surface area contributed by atoms with Gasteiger partial charge < -0.3 is 9.84 Å². The van der Waals surface area contributed by atoms with Crippen molar-refractivity contribution in [1.82, 2.24) is 14.5 Å². The van der Waals surface area contributed by atoms with E-state index < -0.39 is 0 Å². The molecule has 47 heavy (non-hydrogen) atoms. The Morgan fingerprint density at radius 1 is 0.596 bits per heavy atom. The Kier molecular flexibility index (Phi) is 6.76. The quantitative estimate of drug-likeness (QED) is 0.210. The molecule has 8 rings (SSSR count). The topological polar surface area (TPSA) is 60.2 Å². The van der Waals surface area contributed by atoms with Crippen molar-refractivity contribution in [2.75, 3.05) is 0 Å². The number of rotatable bonds is 5. The molecular weight excluding hydrogens is 578 g/mol. The van der Waals surface area contributed by atoms with Crippen LogP contribution in [0.3, 0.4) is 0 Å². The average Bonchev–Trinajstić information content (AvgIpc) is 3.42. The normalized spacial score (nSPS) is 11.8. The zero-order valence-corrected chi connectivity index (χ0v) is 26.5. The van der Waals surface area contributed by atoms with Crippen LogP contribution in [0.2, 0.25) is 0 Å². The second-order valence-electron chi connectivity index (χ2n) is 12.9. The molecule has 0 spiro atoms. The van der Waals surface area contributed by atoms with Crippen molar-refractivity contribution in [2.24, 2.45) is 0 Å². The van der Waals surface area contributed by atoms with Crippen molar-refractivity contribution in [3.63, 3.8) is 0 Å². The number of ether oxygens (including phenoxy) is 1. The summed E-state index contributed by atoms with van der Waals surface area (Å²) in [4.78, 5) is 9.91. The van der Waals surface area contributed by atoms with Crippen LogP contribution in [0.1, 0.15) is 26.3 Å². The molecule has 0 amide bonds. The van der Waals surface area contributed by atoms with Gasteiger partial charge in [0.2, 0.25) is 5.88 Å². The molecule has 0 saturated carbocycles. The van der Waals surface area contributed by atoms with Crippen LogP contribution >= 0.6 is 0 Å². The van der Waals surface area contributed by atoms with Crippen LogP contribution in [-0.4, -0.2) is 19.6 Å². The summed E-state index contributed by atoms with van der Waals surface area (Å²) in [7, 11) is 0. The van der Waals surface area contributed by atoms with Crippen LogP contribution in [-0.2, 0) is 5.41 Å². The lowest BCUT2D eigenvalue weighted by Gasteiger charge is -2.19. The Bertz CT molecular complexity index is 2420. The third-order valence-electron chi connectivity index (χ3n) is 8.74. The molecule has 8 aromatic rings. The van der Waals surface area contributed by atoms with E-state index in [0.29, 0.717) is 17.1 Å². The lowest BCUT2D eigenvalue weighted by atomic mass is 9.86. The molecule has 0 saturated heterocycles. The van der Waals surface area contributed by atoms with Gasteiger partial charge in [0.25, 0.3) is 0 Å². The molecule has 0 fully saturated rings. The highest BCUT2D eigenvalue weighted by atomic mass is 16.5. The molecule has 0 bridgehead atoms. The van der Waals surface area contributed by atoms with Crippen LogP contribution < -0.4 is 4.74 Å². The number of phenolic OH excluding ortho intramolecular Hbond substituents is 1. The van der Waals surface area contributed by atoms with Gasteiger partial charge in [-0.05, 0) is 58.5 Å². The molecule has 1 N–H and O–H groups in total. The first-order chi connectivity index (χ1) is 22.8. The fraction of sp³-hybridized carbons (Fsp3) is 0.0952. The van der Waals surface area contributed by atoms with Gasteiger partial charge in [0, 0.05) is 33.9 Å². The summed E-state index contributed by atoms with van der Waals surface area (Å²) in [6.07, 6.45) is 0. The first-order valence-electron chi connectivity index (χ1n) is 15.8. The predicted octanol–water partition coefficient (Wildman–Crippen LogP) is 10.9. The van der Waals surface area contributed by atoms with Crippen molar-refractivity contribution >= 4 is 32.7 Å². The molecule has 0 radical (unpaired) electrons. The minimum Gasteiger partial charge on any atom is -0.506 e. The molecule has 0 aliphatic heterocycles. The number of aromatic hydroxyl groups is 1. The van der Waals surface area contributed by atoms with E-state index in [-0.39, 0.29) is 11.2 Å². The van der Waals surface area contributed by atoms with Crippen LogP contribution in [0.4, 0.5) is 0 Å². The average molecular weight is 612 g/mol. The van der Waals surface area contributed by atoms with E-state index in [9.17, 15) is 5.11 Å². The second-order valence-corrected chi connectivity index (χ2v) is 12.9. The van der Waals surface area contributed by atoms with Crippen molar-refractivity contribution in [1.29, 1.82) is 0 Å². The second kappa shape index (κ2) is 11.1. The minimum atomic E-state index is -0.0210. The van der Waals surface area contributed by atoms with E-state index in [1.165, 1.54) is 5.56 Å². The fourth-order valence-corrected chi connectivity index (χ4v) is 6.33. The molecule has 0 aliphatic rings. The summed E-state index contributed by atoms with van der Waals surface area (Å²) in [5.41, 5.74) is 7.72. The van der Waals surface area contributed by atoms with E-state index >= 15 is 0 Å². The Morgan fingerprint density at radius 3 is 2.02 bits per heavy atom. The maximum Gasteiger partial charge on any atom is 0.220 e. The molecule has 5 nitrogen and oxygen atoms in total. The van der Waals surface area contributed by atoms with Gasteiger partial charge in [-0.1, -0.05) is 112 Å². The summed E-state index contributed by atoms with van der Waals surface area (Å²) >= 11 is 0. The van der Waals surface area contributed by atoms with Gasteiger partial charge in [-0.3, -0.25) is 4.57 Å². The first kappa shape index (κ1) is 28.5. The van der Waals surface area contributed by atoms with Crippen LogP contribution in [0.25, 0.3) is 60.9 Å². The third-order valence-corrected chi connectivity index (χ3v) is 8.74. The molecule has 3 aromatic heterocycles. The Balaban J connectivity index is 1.32. The van der Waals surface area contributed by atoms with Crippen molar-refractivity contribution in [3.05, 3.63) is 145 Å². The minimum absolute atomic E-state index is 0.0210. The summed E-state index contributed by atoms with van der Waals surface area (Å²) < 4.78 is 8.74. The third kappa shape index (κ3) is 5.16. The Morgan fingerprint density at radius 2 is 1.28 bits per heavy atom. The summed E-state index contributed by atoms with van der Waals surface area (Å²) in [6, 6.07) is 46.8. The van der Waals surface area contributed by atoms with E-state index in [1.54, 1.807) is 6.07 Å². The summed E-state index contributed by atoms with van der Waals surface area (Å²) in [5, 5.41) is 13.9. The highest BCUT2D eigenvalue weighted by molar-refractivity contribution is 6.09. The Labute approximate surface area is 273 Å². The molecular formula is C42H33N3O2. The van der Waals surface area contributed by atoms with Crippen molar-refractivity contribution in [2.45, 2.75) is 26.2 Å². The molecule has 0 unspecified atom stereocenters. The van der Waals surface area contributed by atoms with Crippen molar-refractivity contribution in [3.8, 4) is 45.6 Å². The highest BCUT2D eigenvalue weighted by Gasteiger charge is 2.20. The van der Waals surface area contributed by atoms with E-state index in [2.05, 4.69) is 92.1 Å². The van der Waals surface area contributed by atoms with E-state index in [4.69, 9.17) is 14.7 Å². The molecule has 0 atom stereocenters. The first-order valence-corrected chi connectivity index (χ1v) is 15.8. The summed E-state index contributed by atoms with van der Waals surface area (Å²) in [6.45, 7) is 6.71. The highest BCUT2D eigenvalue weighted by Crippen LogP contribution is 2.39. The van der Waals surface area contributed by atoms with Gasteiger partial charge in [0.1, 0.15) is 22.8 Å². The molecule has 228 valence electrons. The SMILES string of the molecule is CC(C)(C)c1ccc2c3ccc(Oc4cc(-c5ccccc5)c5cccc(O)c5n4)cc3n(-c3cccc(-c4ccccc4)n3)c2c1. The van der Waals surface area contributed by atoms with Gasteiger partial charge in [0.15, 0.2) is 0 Å². The standard InChI is InChI=1S/C42H33N3O2/c1-42(2,3)29-20-22-31-32-23-21-30(47-40-26-34(27-12-6-4-7-13-27)33-16-10-18-38(46)41(33)44-40)25-37(32)45(36(31)24-29)39-19-11-17-35(43-39)28-14-8-5-9-15-28/h4-26,46H,1-3H3. The predicted molar refractivity (Wildman–Crippen MR) is 192 cm³/mol. The monoisotopic (exact) mass is 611 g/mol. The van der Waals surface area contributed by atoms with Gasteiger partial charge in [-0.25, -0.2) is 9.97 Å². The zero-order valence-electron chi connectivity index (χ0n) is 26.5. The fourth-order valence-electron chi connectivity index (χ4n) is 6.33. The number of aromatic nitrogens is 3. The number of benzene rings is 5. The Hall–Kier alpha value is -5.94. The maximum atomic E-state index is 10.8. The maximum absolute atomic E-state index is 10.8. The van der Waals surface area contributed by atoms with Gasteiger partial charge in [-0.15, -0.1) is 0 Å². The van der Waals surface area contributed by atoms with Crippen LogP contribution in [0, 0.1) is 0 Å². The van der Waals surface area contributed by atoms with Gasteiger partial charge >= 0.3 is 0 Å². The van der Waals surface area contributed by atoms with Gasteiger partial charge in [0.05, 0.1) is 16.7 Å². The smallest absolute Gasteiger partial charge is 0.220 e. The summed E-state index contributed by atoms with van der Waals surface area (Å²) in [5.74, 6) is 1.98. The number of para-hydroxylation sites is 1. The lowest BCUT2D eigenvalue weighted by Crippen LogP contribution is -2.11. The molecule has 5 heteroatoms. The van der Waals surface area contributed by atoms with E-state index in [1.807, 2.05) is 66.7 Å². The number of phenols is 1. The number of hydrogen-bond acceptors (Lipinski definition) is 4. The number of fused-ring (bicyclic) bond motifs is 4. The molecule has 3 heterocycles. The van der Waals surface area contributed by atoms with Gasteiger partial charge in [-0.2, -0.15) is 0 Å². The van der Waals surface area contributed by atoms with Crippen molar-refractivity contribution < 1.29 is 9.84 Å². The molecule has 0 aliphatic carbocycles. The number of pyridine rings is 2. The zero-order chi connectivity index (χ0) is 32.1. The molecule has 5 aromatic carbocycles. The van der Waals surface area contributed by atoms with Crippen LogP contribution in [0.5, 0.6) is 17.4 Å². The van der Waals surface area contributed by atoms with E-state index in [0.717, 1.165) is 55.4 Å². The number of nitrogens with zero attached hydrogens (tertiary/aromatic N) is 3. The van der Waals surface area contributed by atoms with Crippen LogP contribution in [0.15, 0.2) is 140 Å². The lowest BCUT2D eigenvalue weighted by molar-refractivity contribution is 0.460. The number of hydrogen-bond donors (Lipinski definition) is 1.